The van der Waals surface area contributed by atoms with Gasteiger partial charge in [0.2, 0.25) is 5.82 Å². The molecule has 5 rings (SSSR count). The van der Waals surface area contributed by atoms with Gasteiger partial charge in [-0.05, 0) is 41.3 Å². The number of aryl methyl sites for hydroxylation is 2. The maximum absolute atomic E-state index is 13.6. The molecular formula is C27H26ClN7O. The topological polar surface area (TPSA) is 94.3 Å². The summed E-state index contributed by atoms with van der Waals surface area (Å²) >= 11 is 6.55. The molecule has 0 saturated heterocycles. The monoisotopic (exact) mass is 499 g/mol. The van der Waals surface area contributed by atoms with E-state index < -0.39 is 0 Å². The molecule has 36 heavy (non-hydrogen) atoms. The van der Waals surface area contributed by atoms with Crippen LogP contribution in [0.2, 0.25) is 5.02 Å². The Balaban J connectivity index is 1.50. The van der Waals surface area contributed by atoms with Crippen molar-refractivity contribution in [3.05, 3.63) is 99.3 Å². The van der Waals surface area contributed by atoms with Crippen molar-refractivity contribution in [3.8, 4) is 28.3 Å². The number of nitrogens with zero attached hydrogens (tertiary/aromatic N) is 6. The van der Waals surface area contributed by atoms with Crippen LogP contribution in [0.5, 0.6) is 0 Å². The predicted octanol–water partition coefficient (Wildman–Crippen LogP) is 5.10. The summed E-state index contributed by atoms with van der Waals surface area (Å²) in [6, 6.07) is 17.5. The predicted molar refractivity (Wildman–Crippen MR) is 140 cm³/mol. The van der Waals surface area contributed by atoms with Crippen LogP contribution in [-0.4, -0.2) is 34.7 Å². The van der Waals surface area contributed by atoms with Crippen molar-refractivity contribution in [2.75, 3.05) is 0 Å². The summed E-state index contributed by atoms with van der Waals surface area (Å²) in [5, 5.41) is 14.9. The Morgan fingerprint density at radius 2 is 1.83 bits per heavy atom. The Hall–Kier alpha value is -4.04. The third-order valence-electron chi connectivity index (χ3n) is 6.21. The Labute approximate surface area is 213 Å². The molecule has 0 saturated carbocycles. The lowest BCUT2D eigenvalue weighted by Crippen LogP contribution is -2.25. The zero-order valence-corrected chi connectivity index (χ0v) is 20.9. The fourth-order valence-corrected chi connectivity index (χ4v) is 4.75. The van der Waals surface area contributed by atoms with Gasteiger partial charge in [0.1, 0.15) is 0 Å². The molecular weight excluding hydrogens is 474 g/mol. The van der Waals surface area contributed by atoms with Crippen molar-refractivity contribution in [1.29, 1.82) is 0 Å². The van der Waals surface area contributed by atoms with E-state index in [4.69, 9.17) is 16.6 Å². The van der Waals surface area contributed by atoms with Gasteiger partial charge in [-0.15, -0.1) is 10.2 Å². The number of halogens is 1. The first kappa shape index (κ1) is 23.7. The average molecular weight is 500 g/mol. The first-order chi connectivity index (χ1) is 17.6. The van der Waals surface area contributed by atoms with Crippen LogP contribution >= 0.6 is 11.6 Å². The third-order valence-corrected chi connectivity index (χ3v) is 6.52. The number of pyridine rings is 1. The van der Waals surface area contributed by atoms with Gasteiger partial charge in [0.25, 0.3) is 0 Å². The summed E-state index contributed by atoms with van der Waals surface area (Å²) in [5.41, 5.74) is 6.14. The third kappa shape index (κ3) is 4.47. The van der Waals surface area contributed by atoms with E-state index in [0.717, 1.165) is 58.6 Å². The van der Waals surface area contributed by atoms with E-state index in [1.807, 2.05) is 71.6 Å². The van der Waals surface area contributed by atoms with E-state index in [9.17, 15) is 4.79 Å². The molecule has 0 aliphatic carbocycles. The number of hydrogen-bond acceptors (Lipinski definition) is 5. The number of hydrogen-bond donors (Lipinski definition) is 1. The van der Waals surface area contributed by atoms with Crippen molar-refractivity contribution in [2.45, 2.75) is 39.7 Å². The summed E-state index contributed by atoms with van der Waals surface area (Å²) in [4.78, 5) is 18.3. The fraction of sp³-hybridized carbons (Fsp3) is 0.222. The van der Waals surface area contributed by atoms with E-state index in [1.165, 1.54) is 0 Å². The number of tetrazole rings is 1. The molecule has 8 nitrogen and oxygen atoms in total. The van der Waals surface area contributed by atoms with Crippen LogP contribution in [-0.2, 0) is 19.4 Å². The highest BCUT2D eigenvalue weighted by Gasteiger charge is 2.17. The van der Waals surface area contributed by atoms with Gasteiger partial charge < -0.3 is 0 Å². The lowest BCUT2D eigenvalue weighted by atomic mass is 10.0. The van der Waals surface area contributed by atoms with Crippen LogP contribution in [0.4, 0.5) is 0 Å². The zero-order valence-electron chi connectivity index (χ0n) is 20.1. The van der Waals surface area contributed by atoms with Crippen LogP contribution in [0.3, 0.4) is 0 Å². The van der Waals surface area contributed by atoms with Gasteiger partial charge in [-0.25, -0.2) is 4.79 Å². The van der Waals surface area contributed by atoms with E-state index >= 15 is 0 Å². The minimum absolute atomic E-state index is 0.104. The van der Waals surface area contributed by atoms with Gasteiger partial charge in [-0.1, -0.05) is 74.3 Å². The van der Waals surface area contributed by atoms with Gasteiger partial charge in [0.05, 0.1) is 22.9 Å². The Kier molecular flexibility index (Phi) is 6.77. The first-order valence-corrected chi connectivity index (χ1v) is 12.4. The Morgan fingerprint density at radius 1 is 1.00 bits per heavy atom. The van der Waals surface area contributed by atoms with Crippen LogP contribution in [0.1, 0.15) is 37.1 Å². The van der Waals surface area contributed by atoms with Crippen molar-refractivity contribution >= 4 is 11.6 Å². The SMILES string of the molecule is CCCc1cn(-c2c(Cl)cccc2CC)c(=O)n1Cc1ccc(-c2ccccc2-c2nn[nH]n2)nc1. The number of benzene rings is 2. The van der Waals surface area contributed by atoms with Crippen LogP contribution in [0.15, 0.2) is 71.8 Å². The van der Waals surface area contributed by atoms with E-state index in [-0.39, 0.29) is 5.69 Å². The number of para-hydroxylation sites is 1. The first-order valence-electron chi connectivity index (χ1n) is 12.0. The zero-order chi connectivity index (χ0) is 25.1. The molecule has 0 spiro atoms. The maximum Gasteiger partial charge on any atom is 0.333 e. The summed E-state index contributed by atoms with van der Waals surface area (Å²) in [6.45, 7) is 4.59. The molecule has 0 atom stereocenters. The highest BCUT2D eigenvalue weighted by atomic mass is 35.5. The second kappa shape index (κ2) is 10.3. The molecule has 0 aliphatic rings. The fourth-order valence-electron chi connectivity index (χ4n) is 4.46. The molecule has 3 heterocycles. The van der Waals surface area contributed by atoms with Crippen LogP contribution in [0.25, 0.3) is 28.3 Å². The normalized spacial score (nSPS) is 11.2. The molecule has 2 aromatic carbocycles. The summed E-state index contributed by atoms with van der Waals surface area (Å²) < 4.78 is 3.51. The highest BCUT2D eigenvalue weighted by Crippen LogP contribution is 2.28. The molecule has 0 fully saturated rings. The second-order valence-electron chi connectivity index (χ2n) is 8.54. The minimum Gasteiger partial charge on any atom is -0.292 e. The van der Waals surface area contributed by atoms with E-state index in [1.54, 1.807) is 4.57 Å². The summed E-state index contributed by atoms with van der Waals surface area (Å²) in [5.74, 6) is 0.514. The number of nitrogens with one attached hydrogen (secondary N) is 1. The van der Waals surface area contributed by atoms with E-state index in [2.05, 4.69) is 34.5 Å². The number of aromatic amines is 1. The molecule has 0 radical (unpaired) electrons. The molecule has 0 aliphatic heterocycles. The molecule has 3 aromatic heterocycles. The Morgan fingerprint density at radius 3 is 2.53 bits per heavy atom. The molecule has 9 heteroatoms. The van der Waals surface area contributed by atoms with Gasteiger partial charge >= 0.3 is 5.69 Å². The number of rotatable bonds is 8. The molecule has 0 unspecified atom stereocenters. The lowest BCUT2D eigenvalue weighted by Gasteiger charge is -2.10. The quantitative estimate of drug-likeness (QED) is 0.320. The molecule has 182 valence electrons. The van der Waals surface area contributed by atoms with Crippen molar-refractivity contribution in [2.24, 2.45) is 0 Å². The second-order valence-corrected chi connectivity index (χ2v) is 8.95. The van der Waals surface area contributed by atoms with E-state index in [0.29, 0.717) is 17.4 Å². The summed E-state index contributed by atoms with van der Waals surface area (Å²) in [7, 11) is 0. The lowest BCUT2D eigenvalue weighted by molar-refractivity contribution is 0.689. The van der Waals surface area contributed by atoms with Gasteiger partial charge in [-0.2, -0.15) is 5.21 Å². The van der Waals surface area contributed by atoms with Gasteiger partial charge in [0, 0.05) is 29.2 Å². The van der Waals surface area contributed by atoms with Crippen molar-refractivity contribution < 1.29 is 0 Å². The largest absolute Gasteiger partial charge is 0.333 e. The standard InChI is InChI=1S/C27H26ClN7O/c1-3-8-20-17-35(25-19(4-2)9-7-12-23(25)28)27(36)34(20)16-18-13-14-24(29-15-18)21-10-5-6-11-22(21)26-30-32-33-31-26/h5-7,9-15,17H,3-4,8,16H2,1-2H3,(H,30,31,32,33). The van der Waals surface area contributed by atoms with Crippen LogP contribution < -0.4 is 5.69 Å². The smallest absolute Gasteiger partial charge is 0.292 e. The minimum atomic E-state index is -0.104. The number of imidazole rings is 1. The summed E-state index contributed by atoms with van der Waals surface area (Å²) in [6.07, 6.45) is 6.24. The molecule has 0 bridgehead atoms. The van der Waals surface area contributed by atoms with Gasteiger partial charge in [-0.3, -0.25) is 14.1 Å². The maximum atomic E-state index is 13.6. The van der Waals surface area contributed by atoms with Crippen molar-refractivity contribution in [1.82, 2.24) is 34.7 Å². The molecule has 5 aromatic rings. The van der Waals surface area contributed by atoms with Crippen LogP contribution in [0, 0.1) is 0 Å². The van der Waals surface area contributed by atoms with Crippen molar-refractivity contribution in [3.63, 3.8) is 0 Å². The molecule has 1 N–H and O–H groups in total. The van der Waals surface area contributed by atoms with Gasteiger partial charge in [0.15, 0.2) is 0 Å². The molecule has 0 amide bonds. The number of aromatic nitrogens is 7. The average Bonchev–Trinajstić information content (AvgIpc) is 3.54. The highest BCUT2D eigenvalue weighted by molar-refractivity contribution is 6.32. The number of H-pyrrole nitrogens is 1. The Bertz CT molecular complexity index is 1540.